The summed E-state index contributed by atoms with van der Waals surface area (Å²) in [6.07, 6.45) is -0.322. The Morgan fingerprint density at radius 3 is 1.64 bits per heavy atom. The molecular formula is C51H35N3O. The van der Waals surface area contributed by atoms with Gasteiger partial charge in [0.1, 0.15) is 23.2 Å². The number of fused-ring (bicyclic) bond motifs is 3. The predicted octanol–water partition coefficient (Wildman–Crippen LogP) is 12.7. The van der Waals surface area contributed by atoms with E-state index >= 15 is 0 Å². The van der Waals surface area contributed by atoms with Crippen LogP contribution in [0.5, 0.6) is 0 Å². The van der Waals surface area contributed by atoms with E-state index in [9.17, 15) is 0 Å². The van der Waals surface area contributed by atoms with Crippen LogP contribution in [0.2, 0.25) is 0 Å². The van der Waals surface area contributed by atoms with Gasteiger partial charge in [-0.2, -0.15) is 0 Å². The number of rotatable bonds is 7. The molecule has 0 saturated carbocycles. The lowest BCUT2D eigenvalue weighted by Crippen LogP contribution is -2.33. The van der Waals surface area contributed by atoms with Crippen molar-refractivity contribution in [3.63, 3.8) is 0 Å². The maximum atomic E-state index is 6.51. The van der Waals surface area contributed by atoms with Gasteiger partial charge in [0, 0.05) is 21.9 Å². The SMILES string of the molecule is c1ccc(-c2cccc(C3=NC(c4ccccc4-c4cccc5oc6ccc(-c7cccc(-c8ccccc8)c7)cc6c45)=NC(c4ccccc4)N3)c2)cc1. The zero-order valence-corrected chi connectivity index (χ0v) is 29.9. The molecule has 0 fully saturated rings. The molecule has 8 aromatic carbocycles. The Morgan fingerprint density at radius 2 is 0.927 bits per heavy atom. The van der Waals surface area contributed by atoms with Crippen molar-refractivity contribution in [2.45, 2.75) is 6.17 Å². The highest BCUT2D eigenvalue weighted by Gasteiger charge is 2.24. The molecule has 0 radical (unpaired) electrons. The second-order valence-corrected chi connectivity index (χ2v) is 13.8. The molecule has 0 aliphatic carbocycles. The van der Waals surface area contributed by atoms with Crippen molar-refractivity contribution in [2.75, 3.05) is 0 Å². The number of nitrogens with zero attached hydrogens (tertiary/aromatic N) is 2. The Hall–Kier alpha value is -7.30. The summed E-state index contributed by atoms with van der Waals surface area (Å²) in [4.78, 5) is 10.5. The number of furan rings is 1. The van der Waals surface area contributed by atoms with Gasteiger partial charge in [-0.25, -0.2) is 9.98 Å². The zero-order chi connectivity index (χ0) is 36.6. The van der Waals surface area contributed by atoms with E-state index in [1.54, 1.807) is 0 Å². The Bertz CT molecular complexity index is 2890. The van der Waals surface area contributed by atoms with Gasteiger partial charge in [-0.15, -0.1) is 0 Å². The van der Waals surface area contributed by atoms with Crippen LogP contribution in [-0.4, -0.2) is 11.7 Å². The summed E-state index contributed by atoms with van der Waals surface area (Å²) in [7, 11) is 0. The van der Waals surface area contributed by atoms with Crippen molar-refractivity contribution in [1.82, 2.24) is 5.32 Å². The molecule has 0 amide bonds. The summed E-state index contributed by atoms with van der Waals surface area (Å²) < 4.78 is 6.51. The lowest BCUT2D eigenvalue weighted by Gasteiger charge is -2.24. The molecule has 0 bridgehead atoms. The molecule has 260 valence electrons. The molecule has 1 unspecified atom stereocenters. The average molecular weight is 706 g/mol. The topological polar surface area (TPSA) is 49.9 Å². The molecule has 0 saturated heterocycles. The monoisotopic (exact) mass is 705 g/mol. The van der Waals surface area contributed by atoms with Gasteiger partial charge >= 0.3 is 0 Å². The van der Waals surface area contributed by atoms with E-state index in [1.807, 2.05) is 12.1 Å². The van der Waals surface area contributed by atoms with Crippen molar-refractivity contribution >= 4 is 33.6 Å². The van der Waals surface area contributed by atoms with E-state index in [2.05, 4.69) is 193 Å². The van der Waals surface area contributed by atoms with E-state index in [0.29, 0.717) is 5.84 Å². The Kier molecular flexibility index (Phi) is 8.19. The van der Waals surface area contributed by atoms with Gasteiger partial charge < -0.3 is 9.73 Å². The van der Waals surface area contributed by atoms with Crippen LogP contribution in [0.3, 0.4) is 0 Å². The molecule has 1 atom stereocenters. The van der Waals surface area contributed by atoms with Crippen LogP contribution in [0.1, 0.15) is 22.9 Å². The van der Waals surface area contributed by atoms with E-state index < -0.39 is 0 Å². The van der Waals surface area contributed by atoms with E-state index in [-0.39, 0.29) is 6.17 Å². The van der Waals surface area contributed by atoms with Crippen LogP contribution in [0.15, 0.2) is 215 Å². The maximum absolute atomic E-state index is 6.51. The third-order valence-corrected chi connectivity index (χ3v) is 10.4. The van der Waals surface area contributed by atoms with Gasteiger partial charge in [0.05, 0.1) is 0 Å². The number of hydrogen-bond acceptors (Lipinski definition) is 4. The first-order chi connectivity index (χ1) is 27.2. The summed E-state index contributed by atoms with van der Waals surface area (Å²) in [5.41, 5.74) is 13.8. The summed E-state index contributed by atoms with van der Waals surface area (Å²) in [5.74, 6) is 1.45. The van der Waals surface area contributed by atoms with Crippen molar-refractivity contribution in [1.29, 1.82) is 0 Å². The van der Waals surface area contributed by atoms with Crippen LogP contribution < -0.4 is 5.32 Å². The maximum Gasteiger partial charge on any atom is 0.160 e. The summed E-state index contributed by atoms with van der Waals surface area (Å²) in [5, 5.41) is 5.80. The molecule has 1 aliphatic rings. The number of nitrogens with one attached hydrogen (secondary N) is 1. The second kappa shape index (κ2) is 13.9. The van der Waals surface area contributed by atoms with E-state index in [4.69, 9.17) is 14.4 Å². The van der Waals surface area contributed by atoms with Crippen LogP contribution in [0, 0.1) is 0 Å². The largest absolute Gasteiger partial charge is 0.456 e. The summed E-state index contributed by atoms with van der Waals surface area (Å²) >= 11 is 0. The fourth-order valence-electron chi connectivity index (χ4n) is 7.65. The quantitative estimate of drug-likeness (QED) is 0.179. The zero-order valence-electron chi connectivity index (χ0n) is 29.9. The van der Waals surface area contributed by atoms with Gasteiger partial charge in [-0.05, 0) is 80.4 Å². The minimum Gasteiger partial charge on any atom is -0.456 e. The van der Waals surface area contributed by atoms with Crippen LogP contribution >= 0.6 is 0 Å². The molecule has 4 nitrogen and oxygen atoms in total. The van der Waals surface area contributed by atoms with Gasteiger partial charge in [0.25, 0.3) is 0 Å². The van der Waals surface area contributed by atoms with Crippen molar-refractivity contribution in [3.8, 4) is 44.5 Å². The highest BCUT2D eigenvalue weighted by atomic mass is 16.3. The number of benzene rings is 8. The molecule has 0 spiro atoms. The molecule has 2 heterocycles. The molecule has 1 aromatic heterocycles. The smallest absolute Gasteiger partial charge is 0.160 e. The standard InChI is InChI=1S/C51H35N3O/c1-4-15-34(16-5-1)37-21-12-23-39(31-37)40-29-30-46-45(33-40)48-43(27-14-28-47(48)55-46)42-25-10-11-26-44(42)51-53-49(36-19-8-3-9-20-36)52-50(54-51)41-24-13-22-38(32-41)35-17-6-2-7-18-35/h1-33,49H,(H,52,53,54). The Morgan fingerprint density at radius 1 is 0.400 bits per heavy atom. The van der Waals surface area contributed by atoms with Crippen LogP contribution in [0.25, 0.3) is 66.4 Å². The molecule has 10 rings (SSSR count). The molecular weight excluding hydrogens is 671 g/mol. The van der Waals surface area contributed by atoms with E-state index in [1.165, 1.54) is 11.1 Å². The first kappa shape index (κ1) is 32.4. The fraction of sp³-hybridized carbons (Fsp3) is 0.0196. The molecule has 1 N–H and O–H groups in total. The van der Waals surface area contributed by atoms with Gasteiger partial charge in [0.15, 0.2) is 5.84 Å². The number of hydrogen-bond donors (Lipinski definition) is 1. The first-order valence-corrected chi connectivity index (χ1v) is 18.6. The molecule has 1 aliphatic heterocycles. The van der Waals surface area contributed by atoms with Crippen molar-refractivity contribution < 1.29 is 4.42 Å². The number of amidine groups is 2. The Balaban J connectivity index is 1.11. The lowest BCUT2D eigenvalue weighted by molar-refractivity contribution is 0.669. The van der Waals surface area contributed by atoms with Gasteiger partial charge in [0.2, 0.25) is 0 Å². The summed E-state index contributed by atoms with van der Waals surface area (Å²) in [6, 6.07) is 69.9. The van der Waals surface area contributed by atoms with E-state index in [0.717, 1.165) is 77.8 Å². The number of aliphatic imine (C=N–C) groups is 2. The highest BCUT2D eigenvalue weighted by molar-refractivity contribution is 6.19. The molecule has 4 heteroatoms. The van der Waals surface area contributed by atoms with Gasteiger partial charge in [-0.1, -0.05) is 170 Å². The average Bonchev–Trinajstić information content (AvgIpc) is 3.66. The van der Waals surface area contributed by atoms with Crippen LogP contribution in [0.4, 0.5) is 0 Å². The predicted molar refractivity (Wildman–Crippen MR) is 227 cm³/mol. The van der Waals surface area contributed by atoms with Gasteiger partial charge in [-0.3, -0.25) is 0 Å². The highest BCUT2D eigenvalue weighted by Crippen LogP contribution is 2.40. The second-order valence-electron chi connectivity index (χ2n) is 13.8. The lowest BCUT2D eigenvalue weighted by atomic mass is 9.93. The van der Waals surface area contributed by atoms with Crippen molar-refractivity contribution in [3.05, 3.63) is 217 Å². The minimum absolute atomic E-state index is 0.322. The Labute approximate surface area is 319 Å². The normalized spacial score (nSPS) is 14.0. The fourth-order valence-corrected chi connectivity index (χ4v) is 7.65. The van der Waals surface area contributed by atoms with Crippen LogP contribution in [-0.2, 0) is 0 Å². The molecule has 9 aromatic rings. The third-order valence-electron chi connectivity index (χ3n) is 10.4. The minimum atomic E-state index is -0.322. The van der Waals surface area contributed by atoms with Crippen molar-refractivity contribution in [2.24, 2.45) is 9.98 Å². The first-order valence-electron chi connectivity index (χ1n) is 18.6. The molecule has 55 heavy (non-hydrogen) atoms. The summed E-state index contributed by atoms with van der Waals surface area (Å²) in [6.45, 7) is 0. The third kappa shape index (κ3) is 6.20.